The van der Waals surface area contributed by atoms with Crippen LogP contribution in [0.5, 0.6) is 0 Å². The number of hydrogen-bond donors (Lipinski definition) is 0. The molecule has 0 heterocycles. The largest absolute Gasteiger partial charge is 0.345 e. The quantitative estimate of drug-likeness (QED) is 0.149. The molecule has 0 fully saturated rings. The lowest BCUT2D eigenvalue weighted by molar-refractivity contribution is 0.393. The van der Waals surface area contributed by atoms with E-state index in [1.165, 1.54) is 0 Å². The zero-order valence-corrected chi connectivity index (χ0v) is 24.0. The fourth-order valence-electron chi connectivity index (χ4n) is 4.18. The van der Waals surface area contributed by atoms with E-state index in [1.54, 1.807) is 0 Å². The Kier molecular flexibility index (Phi) is 8.19. The Balaban J connectivity index is 1.84. The minimum atomic E-state index is -4.04. The van der Waals surface area contributed by atoms with Crippen LogP contribution in [0.15, 0.2) is 121 Å². The van der Waals surface area contributed by atoms with E-state index in [-0.39, 0.29) is 0 Å². The van der Waals surface area contributed by atoms with Gasteiger partial charge in [0.15, 0.2) is 0 Å². The van der Waals surface area contributed by atoms with Crippen LogP contribution >= 0.6 is 30.8 Å². The maximum absolute atomic E-state index is 14.6. The standard InChI is InChI=1S/C27H27Cl2O3PSi2/c1-34(23-15-7-3-8-16-23,24-17-9-4-10-18-24)31-33(30,27(28)29)32-35(2,25-19-11-5-12-20-25)26-21-13-6-14-22-26/h3-22,27H,1-2H3. The molecule has 0 amide bonds. The van der Waals surface area contributed by atoms with Crippen LogP contribution in [0.4, 0.5) is 0 Å². The Bertz CT molecular complexity index is 1100. The van der Waals surface area contributed by atoms with Crippen molar-refractivity contribution in [1.29, 1.82) is 0 Å². The first-order valence-electron chi connectivity index (χ1n) is 11.3. The van der Waals surface area contributed by atoms with Crippen molar-refractivity contribution >= 4 is 68.2 Å². The number of halogens is 2. The van der Waals surface area contributed by atoms with Crippen LogP contribution in [0.3, 0.4) is 0 Å². The molecule has 4 rings (SSSR count). The molecule has 0 saturated heterocycles. The molecule has 0 aliphatic rings. The normalized spacial score (nSPS) is 12.6. The molecule has 4 aromatic carbocycles. The molecule has 35 heavy (non-hydrogen) atoms. The molecule has 0 aliphatic carbocycles. The minimum absolute atomic E-state index is 0.951. The van der Waals surface area contributed by atoms with E-state index in [0.29, 0.717) is 0 Å². The van der Waals surface area contributed by atoms with Crippen molar-refractivity contribution in [1.82, 2.24) is 0 Å². The second-order valence-corrected chi connectivity index (χ2v) is 19.7. The lowest BCUT2D eigenvalue weighted by atomic mass is 10.4. The second kappa shape index (κ2) is 11.0. The zero-order chi connectivity index (χ0) is 24.9. The van der Waals surface area contributed by atoms with Gasteiger partial charge in [-0.1, -0.05) is 145 Å². The maximum atomic E-state index is 14.6. The summed E-state index contributed by atoms with van der Waals surface area (Å²) in [6.45, 7) is 4.02. The molecule has 0 radical (unpaired) electrons. The van der Waals surface area contributed by atoms with Crippen molar-refractivity contribution in [2.24, 2.45) is 0 Å². The summed E-state index contributed by atoms with van der Waals surface area (Å²) in [5.41, 5.74) is 0. The van der Waals surface area contributed by atoms with E-state index in [9.17, 15) is 4.57 Å². The average Bonchev–Trinajstić information content (AvgIpc) is 2.90. The lowest BCUT2D eigenvalue weighted by Gasteiger charge is -2.38. The van der Waals surface area contributed by atoms with Crippen LogP contribution < -0.4 is 20.7 Å². The monoisotopic (exact) mass is 556 g/mol. The van der Waals surface area contributed by atoms with E-state index in [0.717, 1.165) is 20.7 Å². The Morgan fingerprint density at radius 2 is 0.771 bits per heavy atom. The van der Waals surface area contributed by atoms with E-state index in [1.807, 2.05) is 134 Å². The molecule has 4 aromatic rings. The molecule has 180 valence electrons. The van der Waals surface area contributed by atoms with Gasteiger partial charge in [-0.2, -0.15) is 0 Å². The molecule has 0 unspecified atom stereocenters. The second-order valence-electron chi connectivity index (χ2n) is 8.53. The van der Waals surface area contributed by atoms with Gasteiger partial charge < -0.3 is 8.43 Å². The van der Waals surface area contributed by atoms with Crippen LogP contribution in [0.25, 0.3) is 0 Å². The Morgan fingerprint density at radius 3 is 0.971 bits per heavy atom. The molecule has 0 aromatic heterocycles. The summed E-state index contributed by atoms with van der Waals surface area (Å²) in [7, 11) is -10.1. The summed E-state index contributed by atoms with van der Waals surface area (Å²) in [6, 6.07) is 39.3. The predicted octanol–water partition coefficient (Wildman–Crippen LogP) is 5.75. The van der Waals surface area contributed by atoms with Gasteiger partial charge in [0.25, 0.3) is 16.6 Å². The lowest BCUT2D eigenvalue weighted by Crippen LogP contribution is -2.60. The Morgan fingerprint density at radius 1 is 0.543 bits per heavy atom. The fraction of sp³-hybridized carbons (Fsp3) is 0.111. The summed E-state index contributed by atoms with van der Waals surface area (Å²) in [5.74, 6) is 0. The number of hydrogen-bond acceptors (Lipinski definition) is 3. The third-order valence-electron chi connectivity index (χ3n) is 6.16. The van der Waals surface area contributed by atoms with Crippen LogP contribution in [0.2, 0.25) is 13.1 Å². The highest BCUT2D eigenvalue weighted by molar-refractivity contribution is 7.62. The summed E-state index contributed by atoms with van der Waals surface area (Å²) < 4.78 is 26.5. The molecule has 8 heteroatoms. The highest BCUT2D eigenvalue weighted by atomic mass is 35.5. The minimum Gasteiger partial charge on any atom is -0.340 e. The van der Waals surface area contributed by atoms with Crippen molar-refractivity contribution < 1.29 is 13.0 Å². The molecule has 0 saturated carbocycles. The smallest absolute Gasteiger partial charge is 0.340 e. The van der Waals surface area contributed by atoms with Gasteiger partial charge in [-0.05, 0) is 33.8 Å². The van der Waals surface area contributed by atoms with Gasteiger partial charge in [0.05, 0.1) is 0 Å². The highest BCUT2D eigenvalue weighted by Crippen LogP contribution is 2.59. The molecule has 0 spiro atoms. The van der Waals surface area contributed by atoms with Gasteiger partial charge >= 0.3 is 7.60 Å². The van der Waals surface area contributed by atoms with Gasteiger partial charge in [-0.3, -0.25) is 4.57 Å². The first-order valence-corrected chi connectivity index (χ1v) is 18.6. The van der Waals surface area contributed by atoms with Crippen LogP contribution in [-0.2, 0) is 13.0 Å². The number of alkyl halides is 2. The molecule has 0 N–H and O–H groups in total. The van der Waals surface area contributed by atoms with Gasteiger partial charge in [0, 0.05) is 0 Å². The maximum Gasteiger partial charge on any atom is 0.345 e. The van der Waals surface area contributed by atoms with Gasteiger partial charge in [-0.25, -0.2) is 0 Å². The van der Waals surface area contributed by atoms with Crippen molar-refractivity contribution in [3.05, 3.63) is 121 Å². The highest BCUT2D eigenvalue weighted by Gasteiger charge is 2.50. The van der Waals surface area contributed by atoms with E-state index < -0.39 is 28.8 Å². The van der Waals surface area contributed by atoms with Crippen LogP contribution in [0.1, 0.15) is 0 Å². The molecular weight excluding hydrogens is 530 g/mol. The topological polar surface area (TPSA) is 35.5 Å². The third-order valence-corrected chi connectivity index (χ3v) is 18.8. The predicted molar refractivity (Wildman–Crippen MR) is 153 cm³/mol. The Labute approximate surface area is 219 Å². The van der Waals surface area contributed by atoms with Gasteiger partial charge in [0.2, 0.25) is 4.58 Å². The fourth-order valence-corrected chi connectivity index (χ4v) is 16.5. The zero-order valence-electron chi connectivity index (χ0n) is 19.6. The number of rotatable bonds is 9. The first kappa shape index (κ1) is 26.1. The summed E-state index contributed by atoms with van der Waals surface area (Å²) in [6.07, 6.45) is 0. The van der Waals surface area contributed by atoms with Crippen molar-refractivity contribution in [2.45, 2.75) is 17.7 Å². The SMILES string of the molecule is C[Si](OP(=O)(O[Si](C)(c1ccccc1)c1ccccc1)C(Cl)Cl)(c1ccccc1)c1ccccc1. The molecule has 0 aliphatic heterocycles. The summed E-state index contributed by atoms with van der Waals surface area (Å²) in [4.78, 5) is 0. The molecule has 3 nitrogen and oxygen atoms in total. The van der Waals surface area contributed by atoms with Crippen LogP contribution in [-0.4, -0.2) is 21.2 Å². The number of benzene rings is 4. The first-order chi connectivity index (χ1) is 16.8. The van der Waals surface area contributed by atoms with E-state index in [2.05, 4.69) is 0 Å². The summed E-state index contributed by atoms with van der Waals surface area (Å²) in [5, 5.41) is 3.80. The average molecular weight is 558 g/mol. The molecule has 0 atom stereocenters. The van der Waals surface area contributed by atoms with E-state index >= 15 is 0 Å². The van der Waals surface area contributed by atoms with Crippen molar-refractivity contribution in [2.75, 3.05) is 0 Å². The van der Waals surface area contributed by atoms with Crippen molar-refractivity contribution in [3.63, 3.8) is 0 Å². The van der Waals surface area contributed by atoms with E-state index in [4.69, 9.17) is 31.6 Å². The Hall–Kier alpha value is -1.96. The van der Waals surface area contributed by atoms with Crippen molar-refractivity contribution in [3.8, 4) is 0 Å². The third kappa shape index (κ3) is 5.57. The summed E-state index contributed by atoms with van der Waals surface area (Å²) >= 11 is 12.9. The van der Waals surface area contributed by atoms with Gasteiger partial charge in [0.1, 0.15) is 0 Å². The van der Waals surface area contributed by atoms with Gasteiger partial charge in [-0.15, -0.1) is 0 Å². The molecule has 0 bridgehead atoms. The molecular formula is C27H27Cl2O3PSi2. The van der Waals surface area contributed by atoms with Crippen LogP contribution in [0, 0.1) is 0 Å².